The van der Waals surface area contributed by atoms with E-state index in [0.717, 1.165) is 22.1 Å². The van der Waals surface area contributed by atoms with Gasteiger partial charge in [-0.15, -0.1) is 0 Å². The lowest BCUT2D eigenvalue weighted by Crippen LogP contribution is -2.36. The second kappa shape index (κ2) is 4.55. The first-order chi connectivity index (χ1) is 7.83. The summed E-state index contributed by atoms with van der Waals surface area (Å²) in [4.78, 5) is 4.03. The minimum atomic E-state index is 0.0441. The van der Waals surface area contributed by atoms with Crippen LogP contribution in [0.2, 0.25) is 5.15 Å². The molecule has 1 aromatic rings. The molecule has 1 fully saturated rings. The van der Waals surface area contributed by atoms with Gasteiger partial charge in [0, 0.05) is 17.5 Å². The summed E-state index contributed by atoms with van der Waals surface area (Å²) in [5.41, 5.74) is 7.23. The highest BCUT2D eigenvalue weighted by Gasteiger charge is 2.41. The predicted octanol–water partition coefficient (Wildman–Crippen LogP) is 3.28. The SMILES string of the molecule is CC1(C)CCC(c2cc(I)nc(Cl)c2O)C1N. The van der Waals surface area contributed by atoms with Gasteiger partial charge in [-0.05, 0) is 46.9 Å². The first kappa shape index (κ1) is 13.4. The zero-order valence-corrected chi connectivity index (χ0v) is 12.8. The van der Waals surface area contributed by atoms with E-state index < -0.39 is 0 Å². The molecule has 0 amide bonds. The van der Waals surface area contributed by atoms with E-state index in [4.69, 9.17) is 17.3 Å². The van der Waals surface area contributed by atoms with Crippen molar-refractivity contribution in [1.82, 2.24) is 4.98 Å². The Labute approximate surface area is 120 Å². The van der Waals surface area contributed by atoms with Crippen molar-refractivity contribution in [3.8, 4) is 5.75 Å². The van der Waals surface area contributed by atoms with Crippen LogP contribution in [0.25, 0.3) is 0 Å². The Morgan fingerprint density at radius 3 is 2.76 bits per heavy atom. The summed E-state index contributed by atoms with van der Waals surface area (Å²) in [6, 6.07) is 1.93. The fraction of sp³-hybridized carbons (Fsp3) is 0.583. The number of nitrogens with two attached hydrogens (primary N) is 1. The van der Waals surface area contributed by atoms with Crippen molar-refractivity contribution < 1.29 is 5.11 Å². The number of hydrogen-bond donors (Lipinski definition) is 2. The monoisotopic (exact) mass is 366 g/mol. The van der Waals surface area contributed by atoms with Gasteiger partial charge >= 0.3 is 0 Å². The first-order valence-electron chi connectivity index (χ1n) is 5.63. The number of aromatic hydroxyl groups is 1. The van der Waals surface area contributed by atoms with Crippen molar-refractivity contribution in [3.05, 3.63) is 20.5 Å². The summed E-state index contributed by atoms with van der Waals surface area (Å²) >= 11 is 8.01. The molecule has 0 spiro atoms. The van der Waals surface area contributed by atoms with Gasteiger partial charge in [-0.25, -0.2) is 4.98 Å². The fourth-order valence-electron chi connectivity index (χ4n) is 2.54. The molecular formula is C12H16ClIN2O. The van der Waals surface area contributed by atoms with E-state index in [2.05, 4.69) is 41.4 Å². The first-order valence-corrected chi connectivity index (χ1v) is 7.09. The lowest BCUT2D eigenvalue weighted by atomic mass is 9.83. The Hall–Kier alpha value is -0.0700. The number of aromatic nitrogens is 1. The van der Waals surface area contributed by atoms with Crippen LogP contribution in [0, 0.1) is 9.12 Å². The summed E-state index contributed by atoms with van der Waals surface area (Å²) in [7, 11) is 0. The molecule has 0 aromatic carbocycles. The van der Waals surface area contributed by atoms with Crippen LogP contribution in [-0.4, -0.2) is 16.1 Å². The van der Waals surface area contributed by atoms with Crippen LogP contribution in [0.4, 0.5) is 0 Å². The van der Waals surface area contributed by atoms with E-state index in [0.29, 0.717) is 0 Å². The summed E-state index contributed by atoms with van der Waals surface area (Å²) in [5, 5.41) is 10.2. The van der Waals surface area contributed by atoms with Gasteiger partial charge in [0.2, 0.25) is 0 Å². The molecule has 0 aliphatic heterocycles. The summed E-state index contributed by atoms with van der Waals surface area (Å²) < 4.78 is 0.789. The van der Waals surface area contributed by atoms with Gasteiger partial charge in [0.15, 0.2) is 10.9 Å². The summed E-state index contributed by atoms with van der Waals surface area (Å²) in [5.74, 6) is 0.254. The molecular weight excluding hydrogens is 351 g/mol. The Morgan fingerprint density at radius 1 is 1.59 bits per heavy atom. The molecule has 1 aliphatic carbocycles. The lowest BCUT2D eigenvalue weighted by molar-refractivity contribution is 0.320. The highest BCUT2D eigenvalue weighted by molar-refractivity contribution is 14.1. The molecule has 1 aliphatic rings. The van der Waals surface area contributed by atoms with E-state index in [1.54, 1.807) is 0 Å². The molecule has 1 aromatic heterocycles. The van der Waals surface area contributed by atoms with Crippen LogP contribution in [0.1, 0.15) is 38.2 Å². The van der Waals surface area contributed by atoms with Gasteiger partial charge in [-0.2, -0.15) is 0 Å². The number of rotatable bonds is 1. The van der Waals surface area contributed by atoms with Crippen LogP contribution in [0.3, 0.4) is 0 Å². The molecule has 1 saturated carbocycles. The van der Waals surface area contributed by atoms with E-state index in [1.807, 2.05) is 6.07 Å². The molecule has 0 bridgehead atoms. The van der Waals surface area contributed by atoms with Crippen molar-refractivity contribution in [2.45, 2.75) is 38.6 Å². The van der Waals surface area contributed by atoms with Crippen LogP contribution in [0.5, 0.6) is 5.75 Å². The second-order valence-corrected chi connectivity index (χ2v) is 6.80. The predicted molar refractivity (Wildman–Crippen MR) is 77.4 cm³/mol. The number of nitrogens with zero attached hydrogens (tertiary/aromatic N) is 1. The molecule has 2 atom stereocenters. The van der Waals surface area contributed by atoms with Crippen LogP contribution in [-0.2, 0) is 0 Å². The summed E-state index contributed by atoms with van der Waals surface area (Å²) in [6.07, 6.45) is 2.05. The fourth-order valence-corrected chi connectivity index (χ4v) is 3.46. The van der Waals surface area contributed by atoms with Crippen molar-refractivity contribution in [3.63, 3.8) is 0 Å². The lowest BCUT2D eigenvalue weighted by Gasteiger charge is -2.27. The van der Waals surface area contributed by atoms with E-state index in [9.17, 15) is 5.11 Å². The molecule has 2 rings (SSSR count). The topological polar surface area (TPSA) is 59.1 Å². The molecule has 2 unspecified atom stereocenters. The Morgan fingerprint density at radius 2 is 2.24 bits per heavy atom. The summed E-state index contributed by atoms with van der Waals surface area (Å²) in [6.45, 7) is 4.34. The zero-order valence-electron chi connectivity index (χ0n) is 9.87. The third-order valence-corrected chi connectivity index (χ3v) is 4.60. The minimum Gasteiger partial charge on any atom is -0.504 e. The average molecular weight is 367 g/mol. The van der Waals surface area contributed by atoms with Crippen LogP contribution < -0.4 is 5.73 Å². The van der Waals surface area contributed by atoms with E-state index in [1.165, 1.54) is 0 Å². The molecule has 17 heavy (non-hydrogen) atoms. The highest BCUT2D eigenvalue weighted by atomic mass is 127. The molecule has 94 valence electrons. The molecule has 3 N–H and O–H groups in total. The standard InChI is InChI=1S/C12H16ClIN2O/c1-12(2)4-3-6(10(12)15)7-5-8(14)16-11(13)9(7)17/h5-6,10,17H,3-4,15H2,1-2H3. The minimum absolute atomic E-state index is 0.0441. The maximum atomic E-state index is 10.0. The maximum absolute atomic E-state index is 10.0. The smallest absolute Gasteiger partial charge is 0.172 e. The van der Waals surface area contributed by atoms with Crippen molar-refractivity contribution in [2.24, 2.45) is 11.1 Å². The normalized spacial score (nSPS) is 27.4. The van der Waals surface area contributed by atoms with Gasteiger partial charge in [0.25, 0.3) is 0 Å². The van der Waals surface area contributed by atoms with E-state index >= 15 is 0 Å². The molecule has 0 radical (unpaired) electrons. The maximum Gasteiger partial charge on any atom is 0.172 e. The van der Waals surface area contributed by atoms with Crippen LogP contribution in [0.15, 0.2) is 6.07 Å². The Bertz CT molecular complexity index is 450. The van der Waals surface area contributed by atoms with Crippen LogP contribution >= 0.6 is 34.2 Å². The van der Waals surface area contributed by atoms with Gasteiger partial charge in [0.05, 0.1) is 0 Å². The van der Waals surface area contributed by atoms with Gasteiger partial charge in [0.1, 0.15) is 3.70 Å². The van der Waals surface area contributed by atoms with Gasteiger partial charge in [-0.3, -0.25) is 0 Å². The number of pyridine rings is 1. The van der Waals surface area contributed by atoms with Crippen molar-refractivity contribution in [1.29, 1.82) is 0 Å². The molecule has 1 heterocycles. The van der Waals surface area contributed by atoms with Gasteiger partial charge in [-0.1, -0.05) is 25.4 Å². The third kappa shape index (κ3) is 2.39. The third-order valence-electron chi connectivity index (χ3n) is 3.78. The Kier molecular flexibility index (Phi) is 3.58. The van der Waals surface area contributed by atoms with Gasteiger partial charge < -0.3 is 10.8 Å². The van der Waals surface area contributed by atoms with Crippen molar-refractivity contribution in [2.75, 3.05) is 0 Å². The largest absolute Gasteiger partial charge is 0.504 e. The quantitative estimate of drug-likeness (QED) is 0.592. The van der Waals surface area contributed by atoms with E-state index in [-0.39, 0.29) is 28.3 Å². The molecule has 5 heteroatoms. The highest BCUT2D eigenvalue weighted by Crippen LogP contribution is 2.48. The van der Waals surface area contributed by atoms with Crippen molar-refractivity contribution >= 4 is 34.2 Å². The molecule has 3 nitrogen and oxygen atoms in total. The average Bonchev–Trinajstić information content (AvgIpc) is 2.49. The number of halogens is 2. The zero-order chi connectivity index (χ0) is 12.8. The second-order valence-electron chi connectivity index (χ2n) is 5.33. The number of hydrogen-bond acceptors (Lipinski definition) is 3. The molecule has 0 saturated heterocycles. The Balaban J connectivity index is 2.42.